The number of nitrogens with one attached hydrogen (secondary N) is 5. The number of hydrogen-bond acceptors (Lipinski definition) is 11. The predicted molar refractivity (Wildman–Crippen MR) is 230 cm³/mol. The van der Waals surface area contributed by atoms with E-state index in [-0.39, 0.29) is 50.3 Å². The molecule has 0 spiro atoms. The van der Waals surface area contributed by atoms with Crippen LogP contribution in [-0.2, 0) is 39.9 Å². The number of alkyl carbamates (subject to hydrolysis) is 1. The van der Waals surface area contributed by atoms with E-state index in [2.05, 4.69) is 26.6 Å². The third kappa shape index (κ3) is 18.3. The minimum atomic E-state index is -1.26. The number of carbonyl (C=O) groups is 7. The third-order valence-corrected chi connectivity index (χ3v) is 10.5. The van der Waals surface area contributed by atoms with Crippen molar-refractivity contribution in [3.63, 3.8) is 0 Å². The second kappa shape index (κ2) is 25.7. The fourth-order valence-electron chi connectivity index (χ4n) is 6.99. The normalized spacial score (nSPS) is 17.0. The smallest absolute Gasteiger partial charge is 0.408 e. The van der Waals surface area contributed by atoms with Crippen LogP contribution in [0.15, 0.2) is 24.3 Å². The van der Waals surface area contributed by atoms with Gasteiger partial charge in [-0.2, -0.15) is 0 Å². The highest BCUT2D eigenvalue weighted by Crippen LogP contribution is 2.22. The number of aliphatic carboxylic acids is 1. The molecule has 1 aliphatic rings. The van der Waals surface area contributed by atoms with Crippen molar-refractivity contribution in [2.45, 2.75) is 161 Å². The van der Waals surface area contributed by atoms with Crippen LogP contribution in [0.3, 0.4) is 0 Å². The van der Waals surface area contributed by atoms with E-state index in [0.717, 1.165) is 0 Å². The molecule has 18 nitrogen and oxygen atoms in total. The average molecular weight is 861 g/mol. The highest BCUT2D eigenvalue weighted by Gasteiger charge is 2.40. The molecule has 18 heteroatoms. The molecule has 0 bridgehead atoms. The van der Waals surface area contributed by atoms with Gasteiger partial charge in [-0.15, -0.1) is 0 Å². The van der Waals surface area contributed by atoms with Gasteiger partial charge in [0.05, 0.1) is 0 Å². The molecular formula is C43H72N8O10. The number of carboxylic acid groups (broad SMARTS) is 1. The van der Waals surface area contributed by atoms with Gasteiger partial charge in [0.25, 0.3) is 0 Å². The van der Waals surface area contributed by atoms with Crippen molar-refractivity contribution < 1.29 is 48.5 Å². The summed E-state index contributed by atoms with van der Waals surface area (Å²) in [6, 6.07) is -0.647. The standard InChI is InChI=1S/C43H72N8O10/c1-8-27(4)35(39(56)48-33(41(58)59)24-26(2)3)50-37(54)32(25-28-17-19-29(52)20-18-28)47-38(55)34-16-13-23-51(34)40(57)31(15-10-12-22-45)46-36(53)30(14-9-11-21-44)49-42(60)61-43(5,6)7/h17-20,26-27,30-35,52H,8-16,21-25,44-45H2,1-7H3,(H,46,53)(H,47,55)(H,48,56)(H,49,60)(H,50,54)(H,58,59)/t27-,30-,31-,32-,33-,34-,35-/m0/s1. The molecule has 1 aliphatic heterocycles. The summed E-state index contributed by atoms with van der Waals surface area (Å²) in [5.41, 5.74) is 11.2. The number of likely N-dealkylation sites (tertiary alicyclic amines) is 1. The van der Waals surface area contributed by atoms with Crippen LogP contribution in [0.4, 0.5) is 4.79 Å². The topological polar surface area (TPSA) is 285 Å². The molecule has 2 rings (SSSR count). The van der Waals surface area contributed by atoms with E-state index in [1.165, 1.54) is 17.0 Å². The number of unbranched alkanes of at least 4 members (excludes halogenated alkanes) is 2. The molecule has 61 heavy (non-hydrogen) atoms. The highest BCUT2D eigenvalue weighted by atomic mass is 16.6. The van der Waals surface area contributed by atoms with Crippen molar-refractivity contribution in [2.24, 2.45) is 23.3 Å². The molecule has 6 amide bonds. The van der Waals surface area contributed by atoms with Crippen LogP contribution in [0.5, 0.6) is 5.75 Å². The number of aromatic hydroxyl groups is 1. The minimum absolute atomic E-state index is 0.00704. The number of nitrogens with two attached hydrogens (primary N) is 2. The van der Waals surface area contributed by atoms with Crippen molar-refractivity contribution in [2.75, 3.05) is 19.6 Å². The van der Waals surface area contributed by atoms with Crippen LogP contribution in [0, 0.1) is 11.8 Å². The van der Waals surface area contributed by atoms with E-state index in [4.69, 9.17) is 16.2 Å². The van der Waals surface area contributed by atoms with Gasteiger partial charge in [-0.1, -0.05) is 46.2 Å². The summed E-state index contributed by atoms with van der Waals surface area (Å²) in [5, 5.41) is 33.2. The summed E-state index contributed by atoms with van der Waals surface area (Å²) < 4.78 is 5.39. The molecule has 0 saturated carbocycles. The van der Waals surface area contributed by atoms with Crippen LogP contribution in [-0.4, -0.2) is 118 Å². The Morgan fingerprint density at radius 1 is 0.787 bits per heavy atom. The SMILES string of the molecule is CC[C@H](C)[C@H](NC(=O)[C@H](Cc1ccc(O)cc1)NC(=O)[C@@H]1CCCN1C(=O)[C@H](CCCCN)NC(=O)[C@H](CCCCN)NC(=O)OC(C)(C)C)C(=O)N[C@@H](CC(C)C)C(=O)O. The second-order valence-corrected chi connectivity index (χ2v) is 17.4. The number of carboxylic acids is 1. The summed E-state index contributed by atoms with van der Waals surface area (Å²) in [7, 11) is 0. The monoisotopic (exact) mass is 861 g/mol. The van der Waals surface area contributed by atoms with Gasteiger partial charge in [-0.25, -0.2) is 9.59 Å². The van der Waals surface area contributed by atoms with E-state index in [9.17, 15) is 43.8 Å². The Morgan fingerprint density at radius 3 is 1.90 bits per heavy atom. The van der Waals surface area contributed by atoms with Crippen LogP contribution in [0.1, 0.15) is 118 Å². The third-order valence-electron chi connectivity index (χ3n) is 10.5. The molecule has 344 valence electrons. The zero-order valence-corrected chi connectivity index (χ0v) is 37.1. The van der Waals surface area contributed by atoms with Gasteiger partial charge in [0, 0.05) is 13.0 Å². The van der Waals surface area contributed by atoms with Gasteiger partial charge in [0.2, 0.25) is 29.5 Å². The van der Waals surface area contributed by atoms with Crippen molar-refractivity contribution in [1.82, 2.24) is 31.5 Å². The molecule has 0 aromatic heterocycles. The molecule has 1 aromatic carbocycles. The Balaban J connectivity index is 2.40. The number of amides is 6. The lowest BCUT2D eigenvalue weighted by Crippen LogP contribution is -2.60. The molecular weight excluding hydrogens is 789 g/mol. The first-order chi connectivity index (χ1) is 28.7. The first-order valence-corrected chi connectivity index (χ1v) is 21.6. The molecule has 0 radical (unpaired) electrons. The lowest BCUT2D eigenvalue weighted by atomic mass is 9.96. The van der Waals surface area contributed by atoms with Crippen LogP contribution >= 0.6 is 0 Å². The molecule has 1 heterocycles. The van der Waals surface area contributed by atoms with Gasteiger partial charge >= 0.3 is 12.1 Å². The second-order valence-electron chi connectivity index (χ2n) is 17.4. The Hall–Kier alpha value is -4.97. The van der Waals surface area contributed by atoms with Crippen LogP contribution < -0.4 is 38.1 Å². The van der Waals surface area contributed by atoms with E-state index in [1.807, 2.05) is 20.8 Å². The fourth-order valence-corrected chi connectivity index (χ4v) is 6.99. The molecule has 0 unspecified atom stereocenters. The summed E-state index contributed by atoms with van der Waals surface area (Å²) >= 11 is 0. The molecule has 1 aromatic rings. The van der Waals surface area contributed by atoms with Crippen molar-refractivity contribution in [3.05, 3.63) is 29.8 Å². The molecule has 1 saturated heterocycles. The maximum atomic E-state index is 14.3. The summed E-state index contributed by atoms with van der Waals surface area (Å²) in [6.07, 6.45) is 3.14. The zero-order valence-electron chi connectivity index (χ0n) is 37.1. The van der Waals surface area contributed by atoms with Gasteiger partial charge in [-0.3, -0.25) is 24.0 Å². The maximum Gasteiger partial charge on any atom is 0.408 e. The quantitative estimate of drug-likeness (QED) is 0.0640. The number of carbonyl (C=O) groups excluding carboxylic acids is 6. The molecule has 11 N–H and O–H groups in total. The number of ether oxygens (including phenoxy) is 1. The van der Waals surface area contributed by atoms with Crippen LogP contribution in [0.25, 0.3) is 0 Å². The first-order valence-electron chi connectivity index (χ1n) is 21.6. The van der Waals surface area contributed by atoms with Gasteiger partial charge in [0.15, 0.2) is 0 Å². The van der Waals surface area contributed by atoms with Gasteiger partial charge in [0.1, 0.15) is 47.6 Å². The number of benzene rings is 1. The number of phenolic OH excluding ortho intramolecular Hbond substituents is 1. The lowest BCUT2D eigenvalue weighted by molar-refractivity contribution is -0.143. The Labute approximate surface area is 360 Å². The first kappa shape index (κ1) is 52.2. The number of rotatable bonds is 25. The number of nitrogens with zero attached hydrogens (tertiary/aromatic N) is 1. The van der Waals surface area contributed by atoms with E-state index in [0.29, 0.717) is 57.2 Å². The Morgan fingerprint density at radius 2 is 1.36 bits per heavy atom. The maximum absolute atomic E-state index is 14.3. The lowest BCUT2D eigenvalue weighted by Gasteiger charge is -2.31. The largest absolute Gasteiger partial charge is 0.508 e. The van der Waals surface area contributed by atoms with Crippen molar-refractivity contribution in [3.8, 4) is 5.75 Å². The minimum Gasteiger partial charge on any atom is -0.508 e. The number of hydrogen-bond donors (Lipinski definition) is 9. The predicted octanol–water partition coefficient (Wildman–Crippen LogP) is 2.19. The van der Waals surface area contributed by atoms with Gasteiger partial charge < -0.3 is 57.9 Å². The summed E-state index contributed by atoms with van der Waals surface area (Å²) in [6.45, 7) is 13.3. The summed E-state index contributed by atoms with van der Waals surface area (Å²) in [4.78, 5) is 96.1. The van der Waals surface area contributed by atoms with E-state index < -0.39 is 89.4 Å². The van der Waals surface area contributed by atoms with Crippen molar-refractivity contribution in [1.29, 1.82) is 0 Å². The molecule has 0 aliphatic carbocycles. The molecule has 1 fully saturated rings. The Bertz CT molecular complexity index is 1600. The summed E-state index contributed by atoms with van der Waals surface area (Å²) in [5.74, 6) is -4.79. The van der Waals surface area contributed by atoms with Gasteiger partial charge in [-0.05, 0) is 121 Å². The van der Waals surface area contributed by atoms with E-state index >= 15 is 0 Å². The molecule has 7 atom stereocenters. The van der Waals surface area contributed by atoms with Crippen LogP contribution in [0.2, 0.25) is 0 Å². The number of phenols is 1. The highest BCUT2D eigenvalue weighted by molar-refractivity contribution is 5.97. The van der Waals surface area contributed by atoms with E-state index in [1.54, 1.807) is 39.8 Å². The average Bonchev–Trinajstić information content (AvgIpc) is 3.68. The zero-order chi connectivity index (χ0) is 45.9. The fraction of sp³-hybridized carbons (Fsp3) is 0.698. The Kier molecular flexibility index (Phi) is 22.0. The van der Waals surface area contributed by atoms with Crippen molar-refractivity contribution >= 4 is 41.6 Å².